The number of aliphatic hydroxyl groups excluding tert-OH is 1. The molecule has 0 amide bonds. The molecule has 17 heavy (non-hydrogen) atoms. The predicted octanol–water partition coefficient (Wildman–Crippen LogP) is 3.97. The molecule has 2 atom stereocenters. The quantitative estimate of drug-likeness (QED) is 0.672. The average Bonchev–Trinajstić information content (AvgIpc) is 2.37. The van der Waals surface area contributed by atoms with Crippen LogP contribution in [-0.4, -0.2) is 11.2 Å². The Bertz CT molecular complexity index is 305. The Labute approximate surface area is 105 Å². The van der Waals surface area contributed by atoms with Gasteiger partial charge in [0.15, 0.2) is 0 Å². The fourth-order valence-electron chi connectivity index (χ4n) is 2.17. The van der Waals surface area contributed by atoms with Crippen LogP contribution in [0.25, 0.3) is 0 Å². The number of rotatable bonds is 8. The van der Waals surface area contributed by atoms with Crippen molar-refractivity contribution >= 4 is 0 Å². The predicted molar refractivity (Wildman–Crippen MR) is 74.0 cm³/mol. The van der Waals surface area contributed by atoms with Crippen LogP contribution < -0.4 is 0 Å². The largest absolute Gasteiger partial charge is 0.393 e. The Morgan fingerprint density at radius 2 is 1.94 bits per heavy atom. The van der Waals surface area contributed by atoms with Crippen LogP contribution in [0.15, 0.2) is 43.0 Å². The van der Waals surface area contributed by atoms with Crippen LogP contribution in [0.5, 0.6) is 0 Å². The molecule has 0 heterocycles. The highest BCUT2D eigenvalue weighted by atomic mass is 16.3. The van der Waals surface area contributed by atoms with Gasteiger partial charge < -0.3 is 5.11 Å². The van der Waals surface area contributed by atoms with Gasteiger partial charge in [0.2, 0.25) is 0 Å². The third-order valence-corrected chi connectivity index (χ3v) is 3.23. The van der Waals surface area contributed by atoms with Crippen molar-refractivity contribution in [2.24, 2.45) is 5.92 Å². The fourth-order valence-corrected chi connectivity index (χ4v) is 2.17. The first kappa shape index (κ1) is 14.0. The molecule has 94 valence electrons. The molecular weight excluding hydrogens is 208 g/mol. The van der Waals surface area contributed by atoms with E-state index in [1.165, 1.54) is 5.56 Å². The zero-order valence-electron chi connectivity index (χ0n) is 10.8. The lowest BCUT2D eigenvalue weighted by Gasteiger charge is -2.18. The normalized spacial score (nSPS) is 14.2. The Morgan fingerprint density at radius 1 is 1.24 bits per heavy atom. The van der Waals surface area contributed by atoms with E-state index in [-0.39, 0.29) is 12.0 Å². The summed E-state index contributed by atoms with van der Waals surface area (Å²) in [5.41, 5.74) is 1.35. The average molecular weight is 232 g/mol. The van der Waals surface area contributed by atoms with Gasteiger partial charge in [0.05, 0.1) is 6.10 Å². The molecule has 0 aromatic heterocycles. The lowest BCUT2D eigenvalue weighted by atomic mass is 9.93. The van der Waals surface area contributed by atoms with E-state index >= 15 is 0 Å². The number of hydrogen-bond acceptors (Lipinski definition) is 1. The molecule has 0 spiro atoms. The number of aryl methyl sites for hydroxylation is 1. The van der Waals surface area contributed by atoms with E-state index in [4.69, 9.17) is 0 Å². The molecule has 0 saturated heterocycles. The van der Waals surface area contributed by atoms with Crippen molar-refractivity contribution in [1.82, 2.24) is 0 Å². The molecule has 0 aliphatic heterocycles. The minimum Gasteiger partial charge on any atom is -0.393 e. The third-order valence-electron chi connectivity index (χ3n) is 3.23. The van der Waals surface area contributed by atoms with Crippen molar-refractivity contribution in [3.05, 3.63) is 48.6 Å². The maximum absolute atomic E-state index is 10.0. The van der Waals surface area contributed by atoms with Gasteiger partial charge in [0.25, 0.3) is 0 Å². The van der Waals surface area contributed by atoms with Crippen molar-refractivity contribution in [3.8, 4) is 0 Å². The number of hydrogen-bond donors (Lipinski definition) is 1. The lowest BCUT2D eigenvalue weighted by Crippen LogP contribution is -2.18. The summed E-state index contributed by atoms with van der Waals surface area (Å²) in [6.07, 6.45) is 6.77. The summed E-state index contributed by atoms with van der Waals surface area (Å²) in [5.74, 6) is 0.260. The Kier molecular flexibility index (Phi) is 6.64. The monoisotopic (exact) mass is 232 g/mol. The van der Waals surface area contributed by atoms with Crippen LogP contribution >= 0.6 is 0 Å². The van der Waals surface area contributed by atoms with E-state index in [9.17, 15) is 5.11 Å². The van der Waals surface area contributed by atoms with Crippen molar-refractivity contribution in [2.75, 3.05) is 0 Å². The van der Waals surface area contributed by atoms with Gasteiger partial charge in [-0.25, -0.2) is 0 Å². The van der Waals surface area contributed by atoms with Gasteiger partial charge in [-0.2, -0.15) is 0 Å². The fraction of sp³-hybridized carbons (Fsp3) is 0.500. The van der Waals surface area contributed by atoms with Gasteiger partial charge in [-0.3, -0.25) is 0 Å². The van der Waals surface area contributed by atoms with E-state index in [1.807, 2.05) is 12.1 Å². The molecule has 1 aromatic rings. The number of aliphatic hydroxyl groups is 1. The van der Waals surface area contributed by atoms with E-state index in [1.54, 1.807) is 0 Å². The van der Waals surface area contributed by atoms with Crippen LogP contribution in [-0.2, 0) is 6.42 Å². The highest BCUT2D eigenvalue weighted by Crippen LogP contribution is 2.17. The highest BCUT2D eigenvalue weighted by molar-refractivity contribution is 5.14. The summed E-state index contributed by atoms with van der Waals surface area (Å²) in [6.45, 7) is 5.95. The van der Waals surface area contributed by atoms with Crippen molar-refractivity contribution in [1.29, 1.82) is 0 Å². The summed E-state index contributed by atoms with van der Waals surface area (Å²) in [7, 11) is 0. The molecule has 1 N–H and O–H groups in total. The molecule has 1 heteroatoms. The molecule has 0 aliphatic rings. The Balaban J connectivity index is 2.28. The maximum Gasteiger partial charge on any atom is 0.0602 e. The smallest absolute Gasteiger partial charge is 0.0602 e. The first-order valence-corrected chi connectivity index (χ1v) is 6.62. The standard InChI is InChI=1S/C16H24O/c1-3-9-15(4-2)16(17)13-8-12-14-10-6-5-7-11-14/h4-7,10-11,15-17H,2-3,8-9,12-13H2,1H3/t15-,16-/m0/s1. The minimum absolute atomic E-state index is 0.226. The van der Waals surface area contributed by atoms with Crippen molar-refractivity contribution in [2.45, 2.75) is 45.1 Å². The molecule has 0 saturated carbocycles. The SMILES string of the molecule is C=C[C@@H](CCC)[C@@H](O)CCCc1ccccc1. The lowest BCUT2D eigenvalue weighted by molar-refractivity contribution is 0.114. The number of benzene rings is 1. The highest BCUT2D eigenvalue weighted by Gasteiger charge is 2.14. The molecule has 1 aromatic carbocycles. The summed E-state index contributed by atoms with van der Waals surface area (Å²) < 4.78 is 0. The summed E-state index contributed by atoms with van der Waals surface area (Å²) in [6, 6.07) is 10.4. The van der Waals surface area contributed by atoms with E-state index in [2.05, 4.69) is 37.8 Å². The second-order valence-corrected chi connectivity index (χ2v) is 4.63. The minimum atomic E-state index is -0.226. The second kappa shape index (κ2) is 8.08. The molecular formula is C16H24O. The van der Waals surface area contributed by atoms with Gasteiger partial charge >= 0.3 is 0 Å². The van der Waals surface area contributed by atoms with Gasteiger partial charge in [0.1, 0.15) is 0 Å². The van der Waals surface area contributed by atoms with Crippen molar-refractivity contribution < 1.29 is 5.11 Å². The van der Waals surface area contributed by atoms with Crippen LogP contribution in [0.1, 0.15) is 38.2 Å². The summed E-state index contributed by atoms with van der Waals surface area (Å²) in [4.78, 5) is 0. The first-order valence-electron chi connectivity index (χ1n) is 6.62. The van der Waals surface area contributed by atoms with E-state index in [0.717, 1.165) is 32.1 Å². The molecule has 0 unspecified atom stereocenters. The molecule has 0 radical (unpaired) electrons. The second-order valence-electron chi connectivity index (χ2n) is 4.63. The molecule has 0 fully saturated rings. The molecule has 1 rings (SSSR count). The zero-order chi connectivity index (χ0) is 12.5. The van der Waals surface area contributed by atoms with Gasteiger partial charge in [0, 0.05) is 5.92 Å². The van der Waals surface area contributed by atoms with Crippen LogP contribution in [0.4, 0.5) is 0 Å². The topological polar surface area (TPSA) is 20.2 Å². The van der Waals surface area contributed by atoms with Gasteiger partial charge in [-0.1, -0.05) is 49.8 Å². The third kappa shape index (κ3) is 5.18. The van der Waals surface area contributed by atoms with Gasteiger partial charge in [-0.05, 0) is 31.2 Å². The Morgan fingerprint density at radius 3 is 2.53 bits per heavy atom. The van der Waals surface area contributed by atoms with Crippen LogP contribution in [0.3, 0.4) is 0 Å². The first-order chi connectivity index (χ1) is 8.27. The molecule has 1 nitrogen and oxygen atoms in total. The molecule has 0 bridgehead atoms. The molecule has 0 aliphatic carbocycles. The summed E-state index contributed by atoms with van der Waals surface area (Å²) >= 11 is 0. The Hall–Kier alpha value is -1.08. The van der Waals surface area contributed by atoms with E-state index in [0.29, 0.717) is 0 Å². The van der Waals surface area contributed by atoms with Gasteiger partial charge in [-0.15, -0.1) is 6.58 Å². The zero-order valence-corrected chi connectivity index (χ0v) is 10.8. The van der Waals surface area contributed by atoms with Crippen molar-refractivity contribution in [3.63, 3.8) is 0 Å². The summed E-state index contributed by atoms with van der Waals surface area (Å²) in [5, 5.41) is 10.0. The van der Waals surface area contributed by atoms with Crippen LogP contribution in [0, 0.1) is 5.92 Å². The van der Waals surface area contributed by atoms with E-state index < -0.39 is 0 Å². The van der Waals surface area contributed by atoms with Crippen LogP contribution in [0.2, 0.25) is 0 Å². The maximum atomic E-state index is 10.0.